The zero-order valence-corrected chi connectivity index (χ0v) is 11.6. The van der Waals surface area contributed by atoms with Crippen molar-refractivity contribution < 1.29 is 4.79 Å². The van der Waals surface area contributed by atoms with Crippen molar-refractivity contribution in [3.8, 4) is 0 Å². The molecular weight excluding hydrogens is 228 g/mol. The number of nitrogens with zero attached hydrogens (tertiary/aromatic N) is 2. The monoisotopic (exact) mass is 250 g/mol. The number of amides is 1. The van der Waals surface area contributed by atoms with Crippen molar-refractivity contribution in [2.45, 2.75) is 58.9 Å². The van der Waals surface area contributed by atoms with Crippen LogP contribution in [0.1, 0.15) is 69.3 Å². The van der Waals surface area contributed by atoms with E-state index in [0.717, 1.165) is 25.1 Å². The van der Waals surface area contributed by atoms with Gasteiger partial charge in [0.1, 0.15) is 5.82 Å². The predicted molar refractivity (Wildman–Crippen MR) is 69.4 cm³/mol. The second-order valence-corrected chi connectivity index (χ2v) is 6.28. The summed E-state index contributed by atoms with van der Waals surface area (Å²) in [6, 6.07) is 0.258. The molecule has 0 aromatic carbocycles. The van der Waals surface area contributed by atoms with Gasteiger partial charge < -0.3 is 5.32 Å². The summed E-state index contributed by atoms with van der Waals surface area (Å²) in [6.45, 7) is 8.51. The lowest BCUT2D eigenvalue weighted by Gasteiger charge is -2.17. The summed E-state index contributed by atoms with van der Waals surface area (Å²) in [5, 5.41) is 9.79. The predicted octanol–water partition coefficient (Wildman–Crippen LogP) is 2.24. The fraction of sp³-hybridized carbons (Fsp3) is 0.769. The Balaban J connectivity index is 1.95. The third-order valence-electron chi connectivity index (χ3n) is 3.56. The molecule has 18 heavy (non-hydrogen) atoms. The van der Waals surface area contributed by atoms with Gasteiger partial charge in [-0.05, 0) is 24.7 Å². The number of nitrogens with one attached hydrogen (secondary N) is 2. The molecule has 1 aliphatic carbocycles. The Labute approximate surface area is 108 Å². The highest BCUT2D eigenvalue weighted by Gasteiger charge is 2.32. The third-order valence-corrected chi connectivity index (χ3v) is 3.56. The fourth-order valence-electron chi connectivity index (χ4n) is 2.44. The first-order valence-electron chi connectivity index (χ1n) is 6.60. The van der Waals surface area contributed by atoms with Gasteiger partial charge in [-0.25, -0.2) is 4.98 Å². The second kappa shape index (κ2) is 4.71. The van der Waals surface area contributed by atoms with Crippen LogP contribution in [0.3, 0.4) is 0 Å². The van der Waals surface area contributed by atoms with Crippen LogP contribution in [0, 0.1) is 5.41 Å². The average Bonchev–Trinajstić information content (AvgIpc) is 2.85. The van der Waals surface area contributed by atoms with E-state index in [9.17, 15) is 4.79 Å². The standard InChI is InChI=1S/C13H22N4O/c1-8(2)10-15-11(17-16-10)12(18)14-9-5-6-13(3,4)7-9/h8-9H,5-7H2,1-4H3,(H,14,18)(H,15,16,17). The van der Waals surface area contributed by atoms with Gasteiger partial charge in [-0.15, -0.1) is 5.10 Å². The van der Waals surface area contributed by atoms with Crippen molar-refractivity contribution in [2.24, 2.45) is 5.41 Å². The number of aromatic nitrogens is 3. The van der Waals surface area contributed by atoms with Gasteiger partial charge in [0.15, 0.2) is 0 Å². The Morgan fingerprint density at radius 2 is 2.22 bits per heavy atom. The second-order valence-electron chi connectivity index (χ2n) is 6.28. The van der Waals surface area contributed by atoms with Gasteiger partial charge in [-0.3, -0.25) is 9.89 Å². The number of carbonyl (C=O) groups excluding carboxylic acids is 1. The molecule has 1 amide bonds. The molecule has 1 fully saturated rings. The number of rotatable bonds is 3. The zero-order chi connectivity index (χ0) is 13.3. The van der Waals surface area contributed by atoms with Gasteiger partial charge in [0.05, 0.1) is 0 Å². The van der Waals surface area contributed by atoms with Gasteiger partial charge in [0, 0.05) is 12.0 Å². The van der Waals surface area contributed by atoms with E-state index in [4.69, 9.17) is 0 Å². The summed E-state index contributed by atoms with van der Waals surface area (Å²) < 4.78 is 0. The van der Waals surface area contributed by atoms with Crippen LogP contribution in [0.5, 0.6) is 0 Å². The smallest absolute Gasteiger partial charge is 0.291 e. The normalized spacial score (nSPS) is 22.4. The molecule has 0 radical (unpaired) electrons. The molecule has 1 heterocycles. The largest absolute Gasteiger partial charge is 0.347 e. The van der Waals surface area contributed by atoms with Crippen molar-refractivity contribution in [1.82, 2.24) is 20.5 Å². The molecule has 5 heteroatoms. The van der Waals surface area contributed by atoms with Crippen molar-refractivity contribution in [3.63, 3.8) is 0 Å². The first kappa shape index (κ1) is 13.1. The maximum Gasteiger partial charge on any atom is 0.291 e. The van der Waals surface area contributed by atoms with E-state index in [2.05, 4.69) is 34.3 Å². The minimum Gasteiger partial charge on any atom is -0.347 e. The first-order valence-corrected chi connectivity index (χ1v) is 6.60. The molecular formula is C13H22N4O. The Morgan fingerprint density at radius 3 is 2.72 bits per heavy atom. The van der Waals surface area contributed by atoms with Crippen LogP contribution < -0.4 is 5.32 Å². The van der Waals surface area contributed by atoms with Crippen LogP contribution in [0.4, 0.5) is 0 Å². The zero-order valence-electron chi connectivity index (χ0n) is 11.6. The molecule has 0 spiro atoms. The van der Waals surface area contributed by atoms with E-state index in [-0.39, 0.29) is 23.7 Å². The van der Waals surface area contributed by atoms with E-state index in [1.165, 1.54) is 0 Å². The van der Waals surface area contributed by atoms with Crippen molar-refractivity contribution in [3.05, 3.63) is 11.6 Å². The molecule has 5 nitrogen and oxygen atoms in total. The number of aromatic amines is 1. The minimum atomic E-state index is -0.166. The van der Waals surface area contributed by atoms with Crippen LogP contribution in [0.25, 0.3) is 0 Å². The summed E-state index contributed by atoms with van der Waals surface area (Å²) >= 11 is 0. The molecule has 1 aromatic rings. The molecule has 2 N–H and O–H groups in total. The van der Waals surface area contributed by atoms with E-state index >= 15 is 0 Å². The van der Waals surface area contributed by atoms with Gasteiger partial charge in [0.25, 0.3) is 5.91 Å². The highest BCUT2D eigenvalue weighted by molar-refractivity contribution is 5.90. The maximum absolute atomic E-state index is 12.0. The first-order chi connectivity index (χ1) is 8.37. The highest BCUT2D eigenvalue weighted by atomic mass is 16.2. The van der Waals surface area contributed by atoms with E-state index < -0.39 is 0 Å². The van der Waals surface area contributed by atoms with E-state index in [1.807, 2.05) is 13.8 Å². The molecule has 1 aliphatic rings. The van der Waals surface area contributed by atoms with Gasteiger partial charge in [-0.2, -0.15) is 0 Å². The Bertz CT molecular complexity index is 436. The van der Waals surface area contributed by atoms with Gasteiger partial charge in [-0.1, -0.05) is 27.7 Å². The molecule has 2 rings (SSSR count). The highest BCUT2D eigenvalue weighted by Crippen LogP contribution is 2.36. The molecule has 0 bridgehead atoms. The molecule has 1 unspecified atom stereocenters. The van der Waals surface area contributed by atoms with Crippen molar-refractivity contribution in [2.75, 3.05) is 0 Å². The molecule has 1 saturated carbocycles. The van der Waals surface area contributed by atoms with Crippen molar-refractivity contribution in [1.29, 1.82) is 0 Å². The summed E-state index contributed by atoms with van der Waals surface area (Å²) in [6.07, 6.45) is 3.23. The average molecular weight is 250 g/mol. The molecule has 100 valence electrons. The number of hydrogen-bond donors (Lipinski definition) is 2. The molecule has 0 aliphatic heterocycles. The molecule has 0 saturated heterocycles. The number of carbonyl (C=O) groups is 1. The quantitative estimate of drug-likeness (QED) is 0.864. The lowest BCUT2D eigenvalue weighted by atomic mass is 9.92. The van der Waals surface area contributed by atoms with Crippen molar-refractivity contribution >= 4 is 5.91 Å². The van der Waals surface area contributed by atoms with Crippen LogP contribution in [0.15, 0.2) is 0 Å². The minimum absolute atomic E-state index is 0.166. The lowest BCUT2D eigenvalue weighted by Crippen LogP contribution is -2.34. The molecule has 1 atom stereocenters. The van der Waals surface area contributed by atoms with Crippen LogP contribution >= 0.6 is 0 Å². The maximum atomic E-state index is 12.0. The third kappa shape index (κ3) is 2.89. The van der Waals surface area contributed by atoms with Crippen LogP contribution in [-0.2, 0) is 0 Å². The van der Waals surface area contributed by atoms with E-state index in [1.54, 1.807) is 0 Å². The fourth-order valence-corrected chi connectivity index (χ4v) is 2.44. The number of H-pyrrole nitrogens is 1. The lowest BCUT2D eigenvalue weighted by molar-refractivity contribution is 0.0926. The summed E-state index contributed by atoms with van der Waals surface area (Å²) in [5.41, 5.74) is 0.333. The number of hydrogen-bond acceptors (Lipinski definition) is 3. The Kier molecular flexibility index (Phi) is 3.41. The van der Waals surface area contributed by atoms with Crippen LogP contribution in [0.2, 0.25) is 0 Å². The Morgan fingerprint density at radius 1 is 1.50 bits per heavy atom. The molecule has 1 aromatic heterocycles. The summed E-state index contributed by atoms with van der Waals surface area (Å²) in [4.78, 5) is 16.2. The SMILES string of the molecule is CC(C)c1nc(C(=O)NC2CCC(C)(C)C2)n[nH]1. The summed E-state index contributed by atoms with van der Waals surface area (Å²) in [7, 11) is 0. The van der Waals surface area contributed by atoms with Crippen LogP contribution in [-0.4, -0.2) is 27.1 Å². The van der Waals surface area contributed by atoms with Gasteiger partial charge >= 0.3 is 0 Å². The Hall–Kier alpha value is -1.39. The van der Waals surface area contributed by atoms with Gasteiger partial charge in [0.2, 0.25) is 5.82 Å². The topological polar surface area (TPSA) is 70.7 Å². The summed E-state index contributed by atoms with van der Waals surface area (Å²) in [5.74, 6) is 1.10. The van der Waals surface area contributed by atoms with E-state index in [0.29, 0.717) is 5.41 Å².